The zero-order valence-electron chi connectivity index (χ0n) is 17.1. The average Bonchev–Trinajstić information content (AvgIpc) is 2.61. The van der Waals surface area contributed by atoms with Crippen molar-refractivity contribution in [2.75, 3.05) is 19.4 Å². The van der Waals surface area contributed by atoms with Crippen LogP contribution in [0.3, 0.4) is 0 Å². The highest BCUT2D eigenvalue weighted by molar-refractivity contribution is 7.89. The van der Waals surface area contributed by atoms with Gasteiger partial charge in [-0.1, -0.05) is 44.2 Å². The minimum absolute atomic E-state index is 0.0294. The summed E-state index contributed by atoms with van der Waals surface area (Å²) in [5.74, 6) is 0.630. The fraction of sp³-hybridized carbons (Fsp3) is 0.381. The number of anilines is 1. The largest absolute Gasteiger partial charge is 0.356 e. The lowest BCUT2D eigenvalue weighted by Gasteiger charge is -2.18. The van der Waals surface area contributed by atoms with Gasteiger partial charge < -0.3 is 10.6 Å². The van der Waals surface area contributed by atoms with Gasteiger partial charge >= 0.3 is 0 Å². The lowest BCUT2D eigenvalue weighted by Crippen LogP contribution is -2.31. The van der Waals surface area contributed by atoms with E-state index in [4.69, 9.17) is 12.2 Å². The highest BCUT2D eigenvalue weighted by Crippen LogP contribution is 2.19. The Hall–Kier alpha value is -1.96. The Morgan fingerprint density at radius 1 is 1.07 bits per heavy atom. The first-order valence-corrected chi connectivity index (χ1v) is 11.1. The van der Waals surface area contributed by atoms with E-state index in [1.807, 2.05) is 6.92 Å². The first kappa shape index (κ1) is 22.3. The molecule has 28 heavy (non-hydrogen) atoms. The highest BCUT2D eigenvalue weighted by Gasteiger charge is 2.17. The third-order valence-electron chi connectivity index (χ3n) is 4.34. The van der Waals surface area contributed by atoms with E-state index in [9.17, 15) is 8.42 Å². The molecular formula is C21H29N3O2S2. The normalized spacial score (nSPS) is 12.8. The minimum atomic E-state index is -3.48. The molecule has 0 aliphatic heterocycles. The van der Waals surface area contributed by atoms with E-state index in [2.05, 4.69) is 48.7 Å². The summed E-state index contributed by atoms with van der Waals surface area (Å²) in [6.07, 6.45) is 1.06. The number of benzene rings is 2. The summed E-state index contributed by atoms with van der Waals surface area (Å²) in [7, 11) is -0.465. The third-order valence-corrected chi connectivity index (χ3v) is 6.37. The smallest absolute Gasteiger partial charge is 0.242 e. The Morgan fingerprint density at radius 3 is 2.29 bits per heavy atom. The Kier molecular flexibility index (Phi) is 7.57. The topological polar surface area (TPSA) is 61.4 Å². The van der Waals surface area contributed by atoms with Crippen molar-refractivity contribution in [2.24, 2.45) is 5.92 Å². The van der Waals surface area contributed by atoms with E-state index in [0.29, 0.717) is 16.7 Å². The zero-order valence-corrected chi connectivity index (χ0v) is 18.7. The molecule has 5 nitrogen and oxygen atoms in total. The van der Waals surface area contributed by atoms with Crippen LogP contribution in [0.2, 0.25) is 0 Å². The van der Waals surface area contributed by atoms with Gasteiger partial charge in [-0.15, -0.1) is 0 Å². The van der Waals surface area contributed by atoms with Crippen molar-refractivity contribution in [2.45, 2.75) is 38.1 Å². The summed E-state index contributed by atoms with van der Waals surface area (Å²) >= 11 is 5.40. The van der Waals surface area contributed by atoms with E-state index in [1.54, 1.807) is 24.3 Å². The van der Waals surface area contributed by atoms with Crippen molar-refractivity contribution in [1.29, 1.82) is 0 Å². The molecular weight excluding hydrogens is 390 g/mol. The molecule has 0 saturated heterocycles. The zero-order chi connectivity index (χ0) is 20.9. The van der Waals surface area contributed by atoms with E-state index in [0.717, 1.165) is 12.0 Å². The molecule has 0 aliphatic carbocycles. The van der Waals surface area contributed by atoms with Crippen molar-refractivity contribution < 1.29 is 8.42 Å². The van der Waals surface area contributed by atoms with Crippen LogP contribution in [0, 0.1) is 5.92 Å². The Morgan fingerprint density at radius 2 is 1.71 bits per heavy atom. The standard InChI is InChI=1S/C21H29N3O2S2/c1-15(2)13-17-9-11-18(12-10-17)16(3)22-21(27)23-19-7-6-8-20(14-19)28(25,26)24(4)5/h6-12,14-16H,13H2,1-5H3,(H2,22,23,27)/t16-/m0/s1. The molecule has 0 aliphatic rings. The van der Waals surface area contributed by atoms with Crippen molar-refractivity contribution >= 4 is 33.0 Å². The summed E-state index contributed by atoms with van der Waals surface area (Å²) in [4.78, 5) is 0.221. The van der Waals surface area contributed by atoms with Gasteiger partial charge in [-0.3, -0.25) is 0 Å². The van der Waals surface area contributed by atoms with Gasteiger partial charge in [0.25, 0.3) is 0 Å². The molecule has 7 heteroatoms. The fourth-order valence-electron chi connectivity index (χ4n) is 2.81. The van der Waals surface area contributed by atoms with Crippen LogP contribution in [0.4, 0.5) is 5.69 Å². The molecule has 0 spiro atoms. The maximum Gasteiger partial charge on any atom is 0.242 e. The summed E-state index contributed by atoms with van der Waals surface area (Å²) in [5, 5.41) is 6.76. The van der Waals surface area contributed by atoms with Crippen molar-refractivity contribution in [3.63, 3.8) is 0 Å². The lowest BCUT2D eigenvalue weighted by atomic mass is 10.00. The number of thiocarbonyl (C=S) groups is 1. The molecule has 2 aromatic rings. The molecule has 2 rings (SSSR count). The predicted molar refractivity (Wildman–Crippen MR) is 120 cm³/mol. The molecule has 2 N–H and O–H groups in total. The van der Waals surface area contributed by atoms with Crippen LogP contribution in [0.15, 0.2) is 53.4 Å². The molecule has 0 bridgehead atoms. The van der Waals surface area contributed by atoms with Crippen LogP contribution >= 0.6 is 12.2 Å². The minimum Gasteiger partial charge on any atom is -0.356 e. The fourth-order valence-corrected chi connectivity index (χ4v) is 4.05. The first-order chi connectivity index (χ1) is 13.1. The predicted octanol–water partition coefficient (Wildman–Crippen LogP) is 4.18. The van der Waals surface area contributed by atoms with Crippen molar-refractivity contribution in [3.05, 3.63) is 59.7 Å². The number of sulfonamides is 1. The van der Waals surface area contributed by atoms with Crippen LogP contribution in [0.1, 0.15) is 37.9 Å². The van der Waals surface area contributed by atoms with Crippen molar-refractivity contribution in [3.8, 4) is 0 Å². The van der Waals surface area contributed by atoms with E-state index in [-0.39, 0.29) is 10.9 Å². The van der Waals surface area contributed by atoms with Gasteiger partial charge in [0, 0.05) is 19.8 Å². The van der Waals surface area contributed by atoms with Gasteiger partial charge in [-0.25, -0.2) is 12.7 Å². The highest BCUT2D eigenvalue weighted by atomic mass is 32.2. The van der Waals surface area contributed by atoms with E-state index >= 15 is 0 Å². The molecule has 152 valence electrons. The molecule has 0 radical (unpaired) electrons. The maximum atomic E-state index is 12.3. The molecule has 0 aromatic heterocycles. The number of hydrogen-bond donors (Lipinski definition) is 2. The summed E-state index contributed by atoms with van der Waals surface area (Å²) < 4.78 is 25.7. The summed E-state index contributed by atoms with van der Waals surface area (Å²) in [6, 6.07) is 15.2. The van der Waals surface area contributed by atoms with Gasteiger partial charge in [0.1, 0.15) is 0 Å². The van der Waals surface area contributed by atoms with Gasteiger partial charge in [-0.2, -0.15) is 0 Å². The number of nitrogens with one attached hydrogen (secondary N) is 2. The van der Waals surface area contributed by atoms with Gasteiger partial charge in [0.05, 0.1) is 10.9 Å². The quantitative estimate of drug-likeness (QED) is 0.659. The van der Waals surface area contributed by atoms with Crippen LogP contribution in [-0.4, -0.2) is 31.9 Å². The van der Waals surface area contributed by atoms with Crippen LogP contribution in [0.5, 0.6) is 0 Å². The average molecular weight is 420 g/mol. The summed E-state index contributed by atoms with van der Waals surface area (Å²) in [6.45, 7) is 6.46. The second kappa shape index (κ2) is 9.49. The van der Waals surface area contributed by atoms with E-state index in [1.165, 1.54) is 24.0 Å². The number of nitrogens with zero attached hydrogens (tertiary/aromatic N) is 1. The van der Waals surface area contributed by atoms with Crippen LogP contribution < -0.4 is 10.6 Å². The number of rotatable bonds is 7. The molecule has 0 heterocycles. The molecule has 0 fully saturated rings. The van der Waals surface area contributed by atoms with Gasteiger partial charge in [0.2, 0.25) is 10.0 Å². The van der Waals surface area contributed by atoms with Gasteiger partial charge in [0.15, 0.2) is 5.11 Å². The Labute approximate surface area is 174 Å². The SMILES string of the molecule is CC(C)Cc1ccc([C@H](C)NC(=S)Nc2cccc(S(=O)(=O)N(C)C)c2)cc1. The summed E-state index contributed by atoms with van der Waals surface area (Å²) in [5.41, 5.74) is 3.09. The van der Waals surface area contributed by atoms with Crippen LogP contribution in [0.25, 0.3) is 0 Å². The number of hydrogen-bond acceptors (Lipinski definition) is 3. The Bertz CT molecular complexity index is 908. The molecule has 0 unspecified atom stereocenters. The second-order valence-corrected chi connectivity index (χ2v) is 10.0. The Balaban J connectivity index is 2.02. The maximum absolute atomic E-state index is 12.3. The van der Waals surface area contributed by atoms with Crippen LogP contribution in [-0.2, 0) is 16.4 Å². The first-order valence-electron chi connectivity index (χ1n) is 9.28. The van der Waals surface area contributed by atoms with Gasteiger partial charge in [-0.05, 0) is 60.8 Å². The third kappa shape index (κ3) is 6.02. The van der Waals surface area contributed by atoms with E-state index < -0.39 is 10.0 Å². The lowest BCUT2D eigenvalue weighted by molar-refractivity contribution is 0.521. The van der Waals surface area contributed by atoms with Crippen molar-refractivity contribution in [1.82, 2.24) is 9.62 Å². The second-order valence-electron chi connectivity index (χ2n) is 7.47. The molecule has 0 saturated carbocycles. The molecule has 1 atom stereocenters. The monoisotopic (exact) mass is 419 g/mol. The molecule has 0 amide bonds. The molecule has 2 aromatic carbocycles.